The van der Waals surface area contributed by atoms with E-state index in [1.165, 1.54) is 4.90 Å². The Morgan fingerprint density at radius 3 is 2.34 bits per heavy atom. The van der Waals surface area contributed by atoms with Gasteiger partial charge in [0.2, 0.25) is 15.8 Å². The molecule has 0 fully saturated rings. The first-order chi connectivity index (χ1) is 18.9. The van der Waals surface area contributed by atoms with Crippen molar-refractivity contribution in [1.29, 1.82) is 0 Å². The minimum absolute atomic E-state index is 0.00168. The average molecular weight is 593 g/mol. The second-order valence-corrected chi connectivity index (χ2v) is 13.2. The van der Waals surface area contributed by atoms with Gasteiger partial charge in [-0.25, -0.2) is 13.1 Å². The molecule has 3 aliphatic rings. The number of allylic oxidation sites excluding steroid dienone is 1. The van der Waals surface area contributed by atoms with Crippen molar-refractivity contribution in [2.75, 3.05) is 45.9 Å². The number of nitrogens with one attached hydrogen (secondary N) is 1. The van der Waals surface area contributed by atoms with E-state index >= 15 is 0 Å². The number of carbonyl (C=O) groups excluding carboxylic acids is 3. The lowest BCUT2D eigenvalue weighted by Crippen LogP contribution is -2.63. The lowest BCUT2D eigenvalue weighted by molar-refractivity contribution is -0.148. The number of nitrogens with zero attached hydrogens (tertiary/aromatic N) is 2. The summed E-state index contributed by atoms with van der Waals surface area (Å²) >= 11 is 0. The Hall–Kier alpha value is -3.46. The molecular weight excluding hydrogens is 556 g/mol. The number of ketones is 2. The molecule has 3 aliphatic carbocycles. The standard InChI is InChI=1S/C27H36N4O9S/c1-30(2)16-11-12(7-6-8-29-41(5,39)40)21(32)18-14(16)9-13-10-15-20(31(3)4)23(34)19(26(28)37)25(36)27(15,38)24(35)17(13)22(18)33/h11,13,15,20,29,32,34-35,38H,6-10H2,1-5H3,(H2,28,37)/t13-,15-,20-,27-/m0/s1. The minimum Gasteiger partial charge on any atom is -0.510 e. The first-order valence-electron chi connectivity index (χ1n) is 13.1. The third-order valence-corrected chi connectivity index (χ3v) is 8.98. The number of Topliss-reactive ketones (excluding diaryl/α,β-unsaturated/α-hetero) is 2. The molecule has 224 valence electrons. The zero-order valence-electron chi connectivity index (χ0n) is 23.6. The highest BCUT2D eigenvalue weighted by atomic mass is 32.2. The smallest absolute Gasteiger partial charge is 0.255 e. The van der Waals surface area contributed by atoms with Crippen molar-refractivity contribution in [2.24, 2.45) is 17.6 Å². The number of aliphatic hydroxyl groups is 3. The van der Waals surface area contributed by atoms with Crippen LogP contribution in [-0.2, 0) is 32.5 Å². The second-order valence-electron chi connectivity index (χ2n) is 11.4. The number of amides is 1. The summed E-state index contributed by atoms with van der Waals surface area (Å²) in [5, 5.41) is 45.3. The Kier molecular flexibility index (Phi) is 7.75. The van der Waals surface area contributed by atoms with Crippen LogP contribution in [0.2, 0.25) is 0 Å². The van der Waals surface area contributed by atoms with Crippen LogP contribution in [0.4, 0.5) is 5.69 Å². The Bertz CT molecular complexity index is 1510. The molecule has 4 rings (SSSR count). The molecule has 0 aliphatic heterocycles. The second kappa shape index (κ2) is 10.4. The minimum atomic E-state index is -3.41. The molecule has 14 heteroatoms. The summed E-state index contributed by atoms with van der Waals surface area (Å²) in [6.45, 7) is 0.112. The van der Waals surface area contributed by atoms with Crippen molar-refractivity contribution in [3.8, 4) is 5.75 Å². The van der Waals surface area contributed by atoms with Crippen molar-refractivity contribution in [3.63, 3.8) is 0 Å². The molecule has 1 aromatic rings. The van der Waals surface area contributed by atoms with Crippen molar-refractivity contribution in [1.82, 2.24) is 9.62 Å². The third kappa shape index (κ3) is 4.88. The molecule has 0 heterocycles. The highest BCUT2D eigenvalue weighted by molar-refractivity contribution is 7.88. The van der Waals surface area contributed by atoms with Gasteiger partial charge in [-0.3, -0.25) is 19.3 Å². The summed E-state index contributed by atoms with van der Waals surface area (Å²) in [4.78, 5) is 42.9. The number of phenolic OH excluding ortho intramolecular Hbond substituents is 1. The molecule has 0 spiro atoms. The van der Waals surface area contributed by atoms with Crippen molar-refractivity contribution < 1.29 is 43.2 Å². The number of phenols is 1. The predicted molar refractivity (Wildman–Crippen MR) is 149 cm³/mol. The van der Waals surface area contributed by atoms with E-state index in [4.69, 9.17) is 5.73 Å². The quantitative estimate of drug-likeness (QED) is 0.170. The molecule has 0 radical (unpaired) electrons. The number of nitrogens with two attached hydrogens (primary N) is 1. The lowest BCUT2D eigenvalue weighted by Gasteiger charge is -2.50. The number of hydrogen-bond donors (Lipinski definition) is 6. The fourth-order valence-electron chi connectivity index (χ4n) is 6.48. The monoisotopic (exact) mass is 592 g/mol. The van der Waals surface area contributed by atoms with Crippen molar-refractivity contribution >= 4 is 33.2 Å². The normalized spacial score (nSPS) is 26.2. The van der Waals surface area contributed by atoms with Gasteiger partial charge >= 0.3 is 0 Å². The summed E-state index contributed by atoms with van der Waals surface area (Å²) in [6, 6.07) is 0.667. The van der Waals surface area contributed by atoms with E-state index in [1.807, 2.05) is 0 Å². The van der Waals surface area contributed by atoms with Gasteiger partial charge in [-0.15, -0.1) is 0 Å². The van der Waals surface area contributed by atoms with Crippen LogP contribution in [0.1, 0.15) is 34.3 Å². The molecule has 0 aromatic heterocycles. The van der Waals surface area contributed by atoms with Gasteiger partial charge in [-0.2, -0.15) is 0 Å². The van der Waals surface area contributed by atoms with Crippen LogP contribution in [0.5, 0.6) is 5.75 Å². The lowest BCUT2D eigenvalue weighted by atomic mass is 9.58. The number of primary amides is 1. The van der Waals surface area contributed by atoms with Gasteiger partial charge in [0, 0.05) is 37.8 Å². The van der Waals surface area contributed by atoms with Crippen molar-refractivity contribution in [2.45, 2.75) is 37.3 Å². The molecule has 0 unspecified atom stereocenters. The first kappa shape index (κ1) is 30.5. The van der Waals surface area contributed by atoms with Gasteiger partial charge in [-0.1, -0.05) is 0 Å². The third-order valence-electron chi connectivity index (χ3n) is 8.25. The number of benzene rings is 1. The van der Waals surface area contributed by atoms with Crippen LogP contribution < -0.4 is 15.4 Å². The van der Waals surface area contributed by atoms with E-state index in [1.54, 1.807) is 39.2 Å². The number of anilines is 1. The van der Waals surface area contributed by atoms with Crippen LogP contribution in [-0.4, -0.2) is 104 Å². The fourth-order valence-corrected chi connectivity index (χ4v) is 6.99. The van der Waals surface area contributed by atoms with Gasteiger partial charge in [-0.05, 0) is 62.9 Å². The predicted octanol–water partition coefficient (Wildman–Crippen LogP) is -0.332. The number of sulfonamides is 1. The molecule has 7 N–H and O–H groups in total. The SMILES string of the molecule is CN(C)c1cc(CCCNS(C)(=O)=O)c(O)c2c1C[C@H]1C[C@H]3[C@H](N(C)C)C(O)=C(C(N)=O)C(=O)[C@@]3(O)C(O)=C1C2=O. The Morgan fingerprint density at radius 1 is 1.17 bits per heavy atom. The van der Waals surface area contributed by atoms with Crippen molar-refractivity contribution in [3.05, 3.63) is 45.4 Å². The van der Waals surface area contributed by atoms with Crippen LogP contribution in [0.15, 0.2) is 28.7 Å². The molecule has 0 saturated heterocycles. The molecule has 1 amide bonds. The number of hydrogen-bond acceptors (Lipinski definition) is 11. The average Bonchev–Trinajstić information content (AvgIpc) is 2.83. The molecule has 4 atom stereocenters. The van der Waals surface area contributed by atoms with Gasteiger partial charge in [0.25, 0.3) is 5.91 Å². The number of aliphatic hydroxyl groups excluding tert-OH is 2. The van der Waals surface area contributed by atoms with E-state index < -0.39 is 68.1 Å². The summed E-state index contributed by atoms with van der Waals surface area (Å²) < 4.78 is 25.2. The Labute approximate surface area is 238 Å². The number of carbonyl (C=O) groups is 3. The summed E-state index contributed by atoms with van der Waals surface area (Å²) in [6.07, 6.45) is 1.76. The van der Waals surface area contributed by atoms with Crippen LogP contribution in [0.3, 0.4) is 0 Å². The maximum atomic E-state index is 14.0. The van der Waals surface area contributed by atoms with Crippen LogP contribution in [0, 0.1) is 11.8 Å². The van der Waals surface area contributed by atoms with E-state index in [9.17, 15) is 43.2 Å². The van der Waals surface area contributed by atoms with E-state index in [0.717, 1.165) is 6.26 Å². The molecule has 13 nitrogen and oxygen atoms in total. The van der Waals surface area contributed by atoms with E-state index in [2.05, 4.69) is 4.72 Å². The maximum absolute atomic E-state index is 14.0. The van der Waals surface area contributed by atoms with Gasteiger partial charge in [0.15, 0.2) is 11.4 Å². The number of fused-ring (bicyclic) bond motifs is 3. The summed E-state index contributed by atoms with van der Waals surface area (Å²) in [7, 11) is 3.27. The van der Waals surface area contributed by atoms with Crippen LogP contribution in [0.25, 0.3) is 0 Å². The fraction of sp³-hybridized carbons (Fsp3) is 0.519. The van der Waals surface area contributed by atoms with Gasteiger partial charge in [0.1, 0.15) is 22.8 Å². The summed E-state index contributed by atoms with van der Waals surface area (Å²) in [5.74, 6) is -7.01. The number of aromatic hydroxyl groups is 1. The molecule has 1 aromatic carbocycles. The summed E-state index contributed by atoms with van der Waals surface area (Å²) in [5.41, 5.74) is 3.02. The Balaban J connectivity index is 1.86. The zero-order chi connectivity index (χ0) is 30.8. The largest absolute Gasteiger partial charge is 0.510 e. The molecular formula is C27H36N4O9S. The first-order valence-corrected chi connectivity index (χ1v) is 15.0. The van der Waals surface area contributed by atoms with E-state index in [-0.39, 0.29) is 42.7 Å². The van der Waals surface area contributed by atoms with Gasteiger partial charge < -0.3 is 31.1 Å². The van der Waals surface area contributed by atoms with E-state index in [0.29, 0.717) is 23.2 Å². The van der Waals surface area contributed by atoms with Crippen LogP contribution >= 0.6 is 0 Å². The number of likely N-dealkylation sites (N-methyl/N-ethyl adjacent to an activating group) is 1. The highest BCUT2D eigenvalue weighted by Crippen LogP contribution is 2.53. The zero-order valence-corrected chi connectivity index (χ0v) is 24.4. The topological polar surface area (TPSA) is 211 Å². The molecule has 41 heavy (non-hydrogen) atoms. The molecule has 0 bridgehead atoms. The maximum Gasteiger partial charge on any atom is 0.255 e. The molecule has 0 saturated carbocycles. The Morgan fingerprint density at radius 2 is 1.80 bits per heavy atom. The number of rotatable bonds is 8. The van der Waals surface area contributed by atoms with Gasteiger partial charge in [0.05, 0.1) is 17.9 Å². The highest BCUT2D eigenvalue weighted by Gasteiger charge is 2.63. The number of aryl methyl sites for hydroxylation is 1.